The smallest absolute Gasteiger partial charge is 0.0431 e. The third-order valence-corrected chi connectivity index (χ3v) is 1.94. The molecule has 3 heteroatoms. The molecule has 0 saturated heterocycles. The van der Waals surface area contributed by atoms with Gasteiger partial charge in [0.15, 0.2) is 0 Å². The third-order valence-electron chi connectivity index (χ3n) is 1.94. The Morgan fingerprint density at radius 3 is 2.33 bits per heavy atom. The van der Waals surface area contributed by atoms with Gasteiger partial charge >= 0.3 is 0 Å². The fourth-order valence-electron chi connectivity index (χ4n) is 1.14. The van der Waals surface area contributed by atoms with Crippen molar-refractivity contribution in [1.29, 1.82) is 0 Å². The first-order valence-electron chi connectivity index (χ1n) is 4.80. The normalized spacial score (nSPS) is 11.0. The Hall–Kier alpha value is -0.120. The maximum atomic E-state index is 8.54. The van der Waals surface area contributed by atoms with Crippen LogP contribution in [0, 0.1) is 0 Å². The third kappa shape index (κ3) is 7.98. The molecule has 0 saturated carbocycles. The van der Waals surface area contributed by atoms with Gasteiger partial charge < -0.3 is 15.7 Å². The molecule has 0 aliphatic rings. The highest BCUT2D eigenvalue weighted by molar-refractivity contribution is 4.52. The molecule has 3 N–H and O–H groups in total. The van der Waals surface area contributed by atoms with Gasteiger partial charge in [-0.15, -0.1) is 0 Å². The van der Waals surface area contributed by atoms with Gasteiger partial charge in [-0.05, 0) is 52.4 Å². The van der Waals surface area contributed by atoms with Crippen molar-refractivity contribution in [2.45, 2.75) is 25.7 Å². The van der Waals surface area contributed by atoms with E-state index in [1.807, 2.05) is 0 Å². The highest BCUT2D eigenvalue weighted by atomic mass is 16.2. The summed E-state index contributed by atoms with van der Waals surface area (Å²) in [6.07, 6.45) is 4.33. The van der Waals surface area contributed by atoms with Crippen molar-refractivity contribution in [2.75, 3.05) is 33.3 Å². The predicted molar refractivity (Wildman–Crippen MR) is 52.1 cm³/mol. The molecule has 74 valence electrons. The van der Waals surface area contributed by atoms with Gasteiger partial charge in [0.25, 0.3) is 0 Å². The van der Waals surface area contributed by atoms with E-state index < -0.39 is 0 Å². The second-order valence-corrected chi connectivity index (χ2v) is 3.23. The first-order chi connectivity index (χ1) is 5.81. The number of aliphatic hydroxyl groups excluding tert-OH is 1. The molecular formula is C9H22N2O. The second-order valence-electron chi connectivity index (χ2n) is 3.23. The molecule has 0 rings (SSSR count). The molecule has 0 aliphatic heterocycles. The Balaban J connectivity index is 3.02. The van der Waals surface area contributed by atoms with Gasteiger partial charge in [0, 0.05) is 6.61 Å². The molecule has 0 bridgehead atoms. The Morgan fingerprint density at radius 2 is 1.75 bits per heavy atom. The van der Waals surface area contributed by atoms with E-state index in [1.165, 1.54) is 6.42 Å². The fraction of sp³-hybridized carbons (Fsp3) is 1.00. The lowest BCUT2D eigenvalue weighted by Gasteiger charge is -2.15. The van der Waals surface area contributed by atoms with E-state index in [1.54, 1.807) is 0 Å². The predicted octanol–water partition coefficient (Wildman–Crippen LogP) is 0.430. The molecule has 0 aromatic rings. The first kappa shape index (κ1) is 11.9. The van der Waals surface area contributed by atoms with Gasteiger partial charge in [-0.3, -0.25) is 0 Å². The lowest BCUT2D eigenvalue weighted by atomic mass is 10.2. The van der Waals surface area contributed by atoms with Crippen molar-refractivity contribution in [3.63, 3.8) is 0 Å². The lowest BCUT2D eigenvalue weighted by Crippen LogP contribution is -2.22. The van der Waals surface area contributed by atoms with Crippen LogP contribution < -0.4 is 5.73 Å². The van der Waals surface area contributed by atoms with E-state index >= 15 is 0 Å². The van der Waals surface area contributed by atoms with Gasteiger partial charge in [-0.1, -0.05) is 0 Å². The lowest BCUT2D eigenvalue weighted by molar-refractivity contribution is 0.272. The van der Waals surface area contributed by atoms with Crippen LogP contribution in [-0.4, -0.2) is 43.3 Å². The summed E-state index contributed by atoms with van der Waals surface area (Å²) in [7, 11) is 2.12. The van der Waals surface area contributed by atoms with Crippen LogP contribution in [0.4, 0.5) is 0 Å². The van der Waals surface area contributed by atoms with E-state index in [9.17, 15) is 0 Å². The Morgan fingerprint density at radius 1 is 1.08 bits per heavy atom. The average Bonchev–Trinajstić information content (AvgIpc) is 2.09. The van der Waals surface area contributed by atoms with Crippen LogP contribution in [0.5, 0.6) is 0 Å². The van der Waals surface area contributed by atoms with Crippen LogP contribution >= 0.6 is 0 Å². The number of rotatable bonds is 8. The van der Waals surface area contributed by atoms with E-state index in [4.69, 9.17) is 10.8 Å². The highest BCUT2D eigenvalue weighted by Gasteiger charge is 1.96. The summed E-state index contributed by atoms with van der Waals surface area (Å²) < 4.78 is 0. The molecule has 0 heterocycles. The molecule has 0 unspecified atom stereocenters. The van der Waals surface area contributed by atoms with Gasteiger partial charge in [0.05, 0.1) is 0 Å². The zero-order chi connectivity index (χ0) is 9.23. The van der Waals surface area contributed by atoms with E-state index in [2.05, 4.69) is 11.9 Å². The molecule has 0 aromatic heterocycles. The van der Waals surface area contributed by atoms with E-state index in [0.29, 0.717) is 6.61 Å². The van der Waals surface area contributed by atoms with Crippen LogP contribution in [0.2, 0.25) is 0 Å². The highest BCUT2D eigenvalue weighted by Crippen LogP contribution is 1.96. The number of nitrogens with two attached hydrogens (primary N) is 1. The maximum Gasteiger partial charge on any atom is 0.0431 e. The van der Waals surface area contributed by atoms with Crippen LogP contribution in [-0.2, 0) is 0 Å². The van der Waals surface area contributed by atoms with Crippen molar-refractivity contribution < 1.29 is 5.11 Å². The summed E-state index contributed by atoms with van der Waals surface area (Å²) in [4.78, 5) is 2.30. The van der Waals surface area contributed by atoms with Gasteiger partial charge in [-0.25, -0.2) is 0 Å². The van der Waals surface area contributed by atoms with Gasteiger partial charge in [0.2, 0.25) is 0 Å². The molecule has 0 spiro atoms. The minimum Gasteiger partial charge on any atom is -0.396 e. The van der Waals surface area contributed by atoms with Crippen LogP contribution in [0.25, 0.3) is 0 Å². The molecular weight excluding hydrogens is 152 g/mol. The van der Waals surface area contributed by atoms with Crippen LogP contribution in [0.3, 0.4) is 0 Å². The van der Waals surface area contributed by atoms with Crippen molar-refractivity contribution in [3.8, 4) is 0 Å². The Bertz CT molecular complexity index is 88.6. The van der Waals surface area contributed by atoms with Crippen LogP contribution in [0.15, 0.2) is 0 Å². The summed E-state index contributed by atoms with van der Waals surface area (Å²) in [5.41, 5.74) is 5.39. The molecule has 0 fully saturated rings. The Kier molecular flexibility index (Phi) is 8.88. The summed E-state index contributed by atoms with van der Waals surface area (Å²) in [5, 5.41) is 8.54. The summed E-state index contributed by atoms with van der Waals surface area (Å²) in [6, 6.07) is 0. The molecule has 0 aromatic carbocycles. The molecule has 0 radical (unpaired) electrons. The van der Waals surface area contributed by atoms with E-state index in [0.717, 1.165) is 38.9 Å². The number of hydrogen-bond donors (Lipinski definition) is 2. The van der Waals surface area contributed by atoms with Crippen molar-refractivity contribution in [2.24, 2.45) is 5.73 Å². The summed E-state index contributed by atoms with van der Waals surface area (Å²) in [6.45, 7) is 3.32. The minimum atomic E-state index is 0.326. The maximum absolute atomic E-state index is 8.54. The number of hydrogen-bond acceptors (Lipinski definition) is 3. The zero-order valence-corrected chi connectivity index (χ0v) is 8.13. The molecule has 0 amide bonds. The monoisotopic (exact) mass is 174 g/mol. The van der Waals surface area contributed by atoms with E-state index in [-0.39, 0.29) is 0 Å². The topological polar surface area (TPSA) is 49.5 Å². The van der Waals surface area contributed by atoms with Gasteiger partial charge in [-0.2, -0.15) is 0 Å². The van der Waals surface area contributed by atoms with Crippen molar-refractivity contribution >= 4 is 0 Å². The largest absolute Gasteiger partial charge is 0.396 e. The summed E-state index contributed by atoms with van der Waals surface area (Å²) >= 11 is 0. The van der Waals surface area contributed by atoms with Crippen molar-refractivity contribution in [1.82, 2.24) is 4.90 Å². The first-order valence-corrected chi connectivity index (χ1v) is 4.80. The standard InChI is InChI=1S/C9H22N2O/c1-11(8-5-6-10)7-3-2-4-9-12/h12H,2-10H2,1H3. The van der Waals surface area contributed by atoms with Crippen LogP contribution in [0.1, 0.15) is 25.7 Å². The second kappa shape index (κ2) is 8.97. The number of nitrogens with zero attached hydrogens (tertiary/aromatic N) is 1. The molecule has 3 nitrogen and oxygen atoms in total. The molecule has 0 atom stereocenters. The number of aliphatic hydroxyl groups is 1. The van der Waals surface area contributed by atoms with Crippen molar-refractivity contribution in [3.05, 3.63) is 0 Å². The Labute approximate surface area is 75.6 Å². The molecule has 0 aliphatic carbocycles. The SMILES string of the molecule is CN(CCCN)CCCCCO. The molecule has 12 heavy (non-hydrogen) atoms. The quantitative estimate of drug-likeness (QED) is 0.525. The minimum absolute atomic E-state index is 0.326. The fourth-order valence-corrected chi connectivity index (χ4v) is 1.14. The average molecular weight is 174 g/mol. The van der Waals surface area contributed by atoms with Gasteiger partial charge in [0.1, 0.15) is 0 Å². The zero-order valence-electron chi connectivity index (χ0n) is 8.13. The number of unbranched alkanes of at least 4 members (excludes halogenated alkanes) is 2. The summed E-state index contributed by atoms with van der Waals surface area (Å²) in [5.74, 6) is 0.